The first-order chi connectivity index (χ1) is 18.0. The highest BCUT2D eigenvalue weighted by atomic mass is 16.5. The zero-order valence-corrected chi connectivity index (χ0v) is 21.4. The molecule has 186 valence electrons. The first-order valence-electron chi connectivity index (χ1n) is 12.3. The maximum atomic E-state index is 12.9. The molecule has 0 radical (unpaired) electrons. The van der Waals surface area contributed by atoms with Crippen molar-refractivity contribution in [1.82, 2.24) is 25.1 Å². The number of aryl methyl sites for hydroxylation is 2. The number of ether oxygens (including phenoxy) is 1. The van der Waals surface area contributed by atoms with Crippen molar-refractivity contribution in [2.45, 2.75) is 40.8 Å². The minimum atomic E-state index is -0.151. The van der Waals surface area contributed by atoms with Crippen LogP contribution in [0.25, 0.3) is 22.0 Å². The van der Waals surface area contributed by atoms with E-state index in [2.05, 4.69) is 46.4 Å². The third kappa shape index (κ3) is 4.80. The Morgan fingerprint density at radius 1 is 0.973 bits per heavy atom. The van der Waals surface area contributed by atoms with Crippen molar-refractivity contribution in [3.8, 4) is 22.6 Å². The molecule has 0 aliphatic heterocycles. The third-order valence-electron chi connectivity index (χ3n) is 6.62. The van der Waals surface area contributed by atoms with Gasteiger partial charge in [-0.15, -0.1) is 0 Å². The number of amides is 1. The van der Waals surface area contributed by atoms with E-state index in [-0.39, 0.29) is 5.91 Å². The summed E-state index contributed by atoms with van der Waals surface area (Å²) in [4.78, 5) is 21.5. The van der Waals surface area contributed by atoms with E-state index in [9.17, 15) is 4.79 Å². The van der Waals surface area contributed by atoms with Crippen LogP contribution >= 0.6 is 0 Å². The van der Waals surface area contributed by atoms with E-state index in [1.165, 1.54) is 0 Å². The van der Waals surface area contributed by atoms with E-state index in [0.29, 0.717) is 23.6 Å². The second-order valence-electron chi connectivity index (χ2n) is 8.97. The minimum absolute atomic E-state index is 0.151. The number of hydrogen-bond donors (Lipinski definition) is 1. The fraction of sp³-hybridized carbons (Fsp3) is 0.200. The van der Waals surface area contributed by atoms with Crippen LogP contribution in [0.2, 0.25) is 0 Å². The van der Waals surface area contributed by atoms with Gasteiger partial charge in [-0.05, 0) is 81.3 Å². The lowest BCUT2D eigenvalue weighted by atomic mass is 10.0. The Kier molecular flexibility index (Phi) is 6.68. The molecule has 37 heavy (non-hydrogen) atoms. The molecule has 1 N–H and O–H groups in total. The van der Waals surface area contributed by atoms with Gasteiger partial charge >= 0.3 is 0 Å². The molecule has 7 heteroatoms. The zero-order valence-electron chi connectivity index (χ0n) is 21.4. The van der Waals surface area contributed by atoms with Crippen LogP contribution in [-0.4, -0.2) is 25.7 Å². The quantitative estimate of drug-likeness (QED) is 0.295. The highest BCUT2D eigenvalue weighted by Crippen LogP contribution is 2.35. The maximum absolute atomic E-state index is 12.9. The predicted octanol–water partition coefficient (Wildman–Crippen LogP) is 6.16. The molecule has 1 amide bonds. The van der Waals surface area contributed by atoms with Crippen molar-refractivity contribution >= 4 is 16.8 Å². The standard InChI is InChI=1S/C30H29N5O2/c1-5-35-21(4)29(20(3)34-35)23-9-10-25-26(17-23)32-16-13-28(25)37-27-8-6-7-24(19(27)2)30(36)33-18-22-11-14-31-15-12-22/h6-17H,5,18H2,1-4H3,(H,33,36). The number of hydrogen-bond acceptors (Lipinski definition) is 5. The summed E-state index contributed by atoms with van der Waals surface area (Å²) in [5.41, 5.74) is 7.53. The highest BCUT2D eigenvalue weighted by Gasteiger charge is 2.16. The van der Waals surface area contributed by atoms with Crippen molar-refractivity contribution in [1.29, 1.82) is 0 Å². The fourth-order valence-electron chi connectivity index (χ4n) is 4.66. The SMILES string of the molecule is CCn1nc(C)c(-c2ccc3c(Oc4cccc(C(=O)NCc5ccncc5)c4C)ccnc3c2)c1C. The molecule has 2 aromatic carbocycles. The van der Waals surface area contributed by atoms with Crippen molar-refractivity contribution in [2.75, 3.05) is 0 Å². The molecule has 7 nitrogen and oxygen atoms in total. The van der Waals surface area contributed by atoms with E-state index in [1.54, 1.807) is 18.6 Å². The van der Waals surface area contributed by atoms with Crippen LogP contribution in [0.4, 0.5) is 0 Å². The summed E-state index contributed by atoms with van der Waals surface area (Å²) in [6.45, 7) is 9.38. The number of carbonyl (C=O) groups is 1. The molecule has 5 aromatic rings. The predicted molar refractivity (Wildman–Crippen MR) is 145 cm³/mol. The van der Waals surface area contributed by atoms with Crippen LogP contribution in [0.15, 0.2) is 73.2 Å². The maximum Gasteiger partial charge on any atom is 0.251 e. The summed E-state index contributed by atoms with van der Waals surface area (Å²) < 4.78 is 8.36. The Balaban J connectivity index is 1.42. The molecule has 0 fully saturated rings. The summed E-state index contributed by atoms with van der Waals surface area (Å²) in [5, 5.41) is 8.53. The Morgan fingerprint density at radius 3 is 2.54 bits per heavy atom. The van der Waals surface area contributed by atoms with E-state index in [0.717, 1.165) is 51.1 Å². The summed E-state index contributed by atoms with van der Waals surface area (Å²) in [6.07, 6.45) is 5.17. The molecular formula is C30H29N5O2. The first-order valence-corrected chi connectivity index (χ1v) is 12.3. The Hall–Kier alpha value is -4.52. The van der Waals surface area contributed by atoms with Crippen molar-refractivity contribution in [2.24, 2.45) is 0 Å². The lowest BCUT2D eigenvalue weighted by Gasteiger charge is -2.14. The summed E-state index contributed by atoms with van der Waals surface area (Å²) in [7, 11) is 0. The number of carbonyl (C=O) groups excluding carboxylic acids is 1. The molecule has 0 spiro atoms. The second kappa shape index (κ2) is 10.2. The second-order valence-corrected chi connectivity index (χ2v) is 8.97. The van der Waals surface area contributed by atoms with Gasteiger partial charge in [0, 0.05) is 59.5 Å². The molecule has 0 aliphatic carbocycles. The van der Waals surface area contributed by atoms with Crippen molar-refractivity contribution in [3.63, 3.8) is 0 Å². The van der Waals surface area contributed by atoms with Gasteiger partial charge in [-0.3, -0.25) is 19.4 Å². The summed E-state index contributed by atoms with van der Waals surface area (Å²) in [6, 6.07) is 17.3. The molecule has 3 heterocycles. The molecule has 0 saturated heterocycles. The monoisotopic (exact) mass is 491 g/mol. The molecule has 0 bridgehead atoms. The molecular weight excluding hydrogens is 462 g/mol. The van der Waals surface area contributed by atoms with Crippen LogP contribution in [0, 0.1) is 20.8 Å². The van der Waals surface area contributed by atoms with Gasteiger partial charge in [0.15, 0.2) is 0 Å². The number of nitrogens with one attached hydrogen (secondary N) is 1. The van der Waals surface area contributed by atoms with Crippen LogP contribution in [0.1, 0.15) is 39.8 Å². The number of benzene rings is 2. The number of fused-ring (bicyclic) bond motifs is 1. The average molecular weight is 492 g/mol. The van der Waals surface area contributed by atoms with Gasteiger partial charge in [0.1, 0.15) is 11.5 Å². The smallest absolute Gasteiger partial charge is 0.251 e. The lowest BCUT2D eigenvalue weighted by Crippen LogP contribution is -2.23. The largest absolute Gasteiger partial charge is 0.456 e. The average Bonchev–Trinajstić information content (AvgIpc) is 3.21. The normalized spacial score (nSPS) is 11.0. The minimum Gasteiger partial charge on any atom is -0.456 e. The molecule has 5 rings (SSSR count). The van der Waals surface area contributed by atoms with Gasteiger partial charge in [-0.1, -0.05) is 12.1 Å². The van der Waals surface area contributed by atoms with Gasteiger partial charge in [0.25, 0.3) is 5.91 Å². The van der Waals surface area contributed by atoms with E-state index in [1.807, 2.05) is 61.0 Å². The first kappa shape index (κ1) is 24.2. The molecule has 3 aromatic heterocycles. The van der Waals surface area contributed by atoms with Gasteiger partial charge in [-0.25, -0.2) is 0 Å². The Labute approximate surface area is 216 Å². The number of pyridine rings is 2. The highest BCUT2D eigenvalue weighted by molar-refractivity contribution is 5.96. The molecule has 0 unspecified atom stereocenters. The zero-order chi connectivity index (χ0) is 25.9. The molecule has 0 saturated carbocycles. The summed E-state index contributed by atoms with van der Waals surface area (Å²) in [5.74, 6) is 1.16. The summed E-state index contributed by atoms with van der Waals surface area (Å²) >= 11 is 0. The Morgan fingerprint density at radius 2 is 1.78 bits per heavy atom. The van der Waals surface area contributed by atoms with E-state index >= 15 is 0 Å². The van der Waals surface area contributed by atoms with Crippen molar-refractivity contribution < 1.29 is 9.53 Å². The van der Waals surface area contributed by atoms with E-state index in [4.69, 9.17) is 4.74 Å². The van der Waals surface area contributed by atoms with Crippen LogP contribution in [-0.2, 0) is 13.1 Å². The topological polar surface area (TPSA) is 81.9 Å². The van der Waals surface area contributed by atoms with Gasteiger partial charge < -0.3 is 10.1 Å². The molecule has 0 atom stereocenters. The Bertz CT molecular complexity index is 1590. The van der Waals surface area contributed by atoms with Gasteiger partial charge in [0.05, 0.1) is 11.2 Å². The number of rotatable bonds is 7. The van der Waals surface area contributed by atoms with Gasteiger partial charge in [-0.2, -0.15) is 5.10 Å². The third-order valence-corrected chi connectivity index (χ3v) is 6.62. The molecule has 0 aliphatic rings. The number of nitrogens with zero attached hydrogens (tertiary/aromatic N) is 4. The van der Waals surface area contributed by atoms with Gasteiger partial charge in [0.2, 0.25) is 0 Å². The van der Waals surface area contributed by atoms with E-state index < -0.39 is 0 Å². The van der Waals surface area contributed by atoms with Crippen molar-refractivity contribution in [3.05, 3.63) is 101 Å². The number of aromatic nitrogens is 4. The lowest BCUT2D eigenvalue weighted by molar-refractivity contribution is 0.0950. The fourth-order valence-corrected chi connectivity index (χ4v) is 4.66. The van der Waals surface area contributed by atoms with Crippen LogP contribution in [0.5, 0.6) is 11.5 Å². The van der Waals surface area contributed by atoms with Crippen LogP contribution in [0.3, 0.4) is 0 Å². The van der Waals surface area contributed by atoms with Crippen LogP contribution < -0.4 is 10.1 Å².